The molecule has 6 rings (SSSR count). The first-order valence-electron chi connectivity index (χ1n) is 13.7. The Hall–Kier alpha value is -4.45. The second-order valence-corrected chi connectivity index (χ2v) is 12.6. The molecule has 8 nitrogen and oxygen atoms in total. The minimum atomic E-state index is -0.397. The number of carbonyl (C=O) groups is 2. The first-order chi connectivity index (χ1) is 22.7. The molecule has 0 spiro atoms. The summed E-state index contributed by atoms with van der Waals surface area (Å²) >= 11 is 18.7. The maximum Gasteiger partial charge on any atom is 0.288 e. The number of benzene rings is 4. The van der Waals surface area contributed by atoms with E-state index in [0.29, 0.717) is 27.4 Å². The standard InChI is InChI=1S/C17H12ClN3OS.C10H8ClN3.C7H5ClOS/c18-16-10-9-15(20-21-16)12-5-4-6-13(11-12)19-17(22)23-14-7-2-1-3-8-14;11-10-5-4-9(13-14-10)7-2-1-3-8(12)6-7;8-7(9)10-6-4-2-1-3-5-6/h1-11H,(H,19,22);1-6H,12H2;1-5H. The number of halogens is 3. The number of anilines is 2. The number of nitrogens with zero attached hydrogens (tertiary/aromatic N) is 4. The van der Waals surface area contributed by atoms with Gasteiger partial charge in [-0.3, -0.25) is 9.59 Å². The summed E-state index contributed by atoms with van der Waals surface area (Å²) in [5.74, 6) is 0. The third-order valence-electron chi connectivity index (χ3n) is 5.75. The van der Waals surface area contributed by atoms with Crippen LogP contribution in [0, 0.1) is 0 Å². The van der Waals surface area contributed by atoms with Crippen molar-refractivity contribution in [2.24, 2.45) is 0 Å². The largest absolute Gasteiger partial charge is 0.399 e. The molecule has 0 aliphatic rings. The minimum Gasteiger partial charge on any atom is -0.399 e. The highest BCUT2D eigenvalue weighted by atomic mass is 35.5. The second-order valence-electron chi connectivity index (χ2n) is 9.17. The Morgan fingerprint density at radius 1 is 0.574 bits per heavy atom. The number of nitrogens with one attached hydrogen (secondary N) is 1. The molecule has 0 bridgehead atoms. The van der Waals surface area contributed by atoms with E-state index in [-0.39, 0.29) is 5.24 Å². The van der Waals surface area contributed by atoms with Crippen molar-refractivity contribution < 1.29 is 9.59 Å². The van der Waals surface area contributed by atoms with Gasteiger partial charge in [0.2, 0.25) is 0 Å². The van der Waals surface area contributed by atoms with Crippen LogP contribution < -0.4 is 11.1 Å². The molecule has 236 valence electrons. The van der Waals surface area contributed by atoms with Gasteiger partial charge in [0.05, 0.1) is 11.4 Å². The fraction of sp³-hybridized carbons (Fsp3) is 0. The zero-order valence-corrected chi connectivity index (χ0v) is 28.2. The van der Waals surface area contributed by atoms with Crippen molar-refractivity contribution in [2.75, 3.05) is 11.1 Å². The molecule has 0 atom stereocenters. The van der Waals surface area contributed by atoms with Crippen LogP contribution in [0.15, 0.2) is 143 Å². The third kappa shape index (κ3) is 12.7. The second kappa shape index (κ2) is 18.6. The molecule has 0 aliphatic heterocycles. The monoisotopic (exact) mass is 718 g/mol. The predicted octanol–water partition coefficient (Wildman–Crippen LogP) is 10.6. The summed E-state index contributed by atoms with van der Waals surface area (Å²) in [6, 6.07) is 40.7. The van der Waals surface area contributed by atoms with Crippen LogP contribution >= 0.6 is 58.3 Å². The van der Waals surface area contributed by atoms with Gasteiger partial charge >= 0.3 is 0 Å². The summed E-state index contributed by atoms with van der Waals surface area (Å²) in [7, 11) is 0. The molecule has 0 saturated heterocycles. The SMILES string of the molecule is Nc1cccc(-c2ccc(Cl)nn2)c1.O=C(Cl)Sc1ccccc1.O=C(Nc1cccc(-c2ccc(Cl)nn2)c1)Sc1ccccc1. The number of nitrogens with two attached hydrogens (primary N) is 1. The molecule has 2 heterocycles. The molecule has 4 aromatic carbocycles. The van der Waals surface area contributed by atoms with E-state index >= 15 is 0 Å². The lowest BCUT2D eigenvalue weighted by atomic mass is 10.1. The van der Waals surface area contributed by atoms with E-state index in [4.69, 9.17) is 40.5 Å². The van der Waals surface area contributed by atoms with Crippen molar-refractivity contribution in [1.29, 1.82) is 0 Å². The lowest BCUT2D eigenvalue weighted by molar-refractivity contribution is 0.269. The van der Waals surface area contributed by atoms with Crippen LogP contribution in [-0.4, -0.2) is 30.2 Å². The van der Waals surface area contributed by atoms with E-state index in [0.717, 1.165) is 50.1 Å². The van der Waals surface area contributed by atoms with Crippen molar-refractivity contribution in [2.45, 2.75) is 9.79 Å². The smallest absolute Gasteiger partial charge is 0.288 e. The molecule has 2 aromatic heterocycles. The van der Waals surface area contributed by atoms with Gasteiger partial charge in [0.15, 0.2) is 10.3 Å². The Morgan fingerprint density at radius 3 is 1.57 bits per heavy atom. The first kappa shape index (κ1) is 35.4. The number of amides is 1. The van der Waals surface area contributed by atoms with Crippen LogP contribution in [0.3, 0.4) is 0 Å². The molecule has 6 aromatic rings. The van der Waals surface area contributed by atoms with Gasteiger partial charge in [-0.05, 0) is 108 Å². The average Bonchev–Trinajstić information content (AvgIpc) is 3.07. The van der Waals surface area contributed by atoms with E-state index in [2.05, 4.69) is 25.7 Å². The quantitative estimate of drug-likeness (QED) is 0.102. The number of thioether (sulfide) groups is 2. The molecular weight excluding hydrogens is 695 g/mol. The molecule has 0 unspecified atom stereocenters. The maximum absolute atomic E-state index is 12.1. The number of nitrogen functional groups attached to an aromatic ring is 1. The van der Waals surface area contributed by atoms with Crippen molar-refractivity contribution in [1.82, 2.24) is 20.4 Å². The Balaban J connectivity index is 0.000000177. The summed E-state index contributed by atoms with van der Waals surface area (Å²) in [4.78, 5) is 24.2. The minimum absolute atomic E-state index is 0.143. The molecule has 0 fully saturated rings. The van der Waals surface area contributed by atoms with Crippen LogP contribution in [0.1, 0.15) is 0 Å². The first-order valence-corrected chi connectivity index (χ1v) is 16.4. The predicted molar refractivity (Wildman–Crippen MR) is 194 cm³/mol. The fourth-order valence-corrected chi connectivity index (χ4v) is 5.34. The number of rotatable bonds is 5. The number of hydrogen-bond acceptors (Lipinski definition) is 9. The molecule has 47 heavy (non-hydrogen) atoms. The summed E-state index contributed by atoms with van der Waals surface area (Å²) in [5.41, 5.74) is 10.3. The Kier molecular flexibility index (Phi) is 14.0. The summed E-state index contributed by atoms with van der Waals surface area (Å²) in [6.45, 7) is 0. The van der Waals surface area contributed by atoms with Crippen LogP contribution in [0.25, 0.3) is 22.5 Å². The third-order valence-corrected chi connectivity index (χ3v) is 7.84. The van der Waals surface area contributed by atoms with Crippen molar-refractivity contribution in [3.05, 3.63) is 144 Å². The van der Waals surface area contributed by atoms with Gasteiger partial charge in [-0.25, -0.2) is 0 Å². The lowest BCUT2D eigenvalue weighted by Gasteiger charge is -2.07. The van der Waals surface area contributed by atoms with E-state index < -0.39 is 4.57 Å². The molecule has 13 heteroatoms. The van der Waals surface area contributed by atoms with Crippen LogP contribution in [0.2, 0.25) is 10.3 Å². The van der Waals surface area contributed by atoms with Gasteiger partial charge in [-0.1, -0.05) is 83.9 Å². The van der Waals surface area contributed by atoms with Gasteiger partial charge in [0.1, 0.15) is 0 Å². The van der Waals surface area contributed by atoms with Gasteiger partial charge in [0.25, 0.3) is 9.81 Å². The topological polar surface area (TPSA) is 124 Å². The summed E-state index contributed by atoms with van der Waals surface area (Å²) < 4.78 is -0.397. The van der Waals surface area contributed by atoms with Gasteiger partial charge in [-0.2, -0.15) is 0 Å². The molecule has 3 N–H and O–H groups in total. The fourth-order valence-electron chi connectivity index (χ4n) is 3.71. The molecule has 0 radical (unpaired) electrons. The van der Waals surface area contributed by atoms with Gasteiger partial charge in [-0.15, -0.1) is 20.4 Å². The number of aromatic nitrogens is 4. The van der Waals surface area contributed by atoms with E-state index in [1.807, 2.05) is 115 Å². The molecule has 0 saturated carbocycles. The van der Waals surface area contributed by atoms with Gasteiger partial charge in [0, 0.05) is 32.3 Å². The normalized spacial score (nSPS) is 10.0. The highest BCUT2D eigenvalue weighted by molar-refractivity contribution is 8.16. The van der Waals surface area contributed by atoms with E-state index in [1.165, 1.54) is 0 Å². The summed E-state index contributed by atoms with van der Waals surface area (Å²) in [6.07, 6.45) is 0. The lowest BCUT2D eigenvalue weighted by Crippen LogP contribution is -2.04. The Labute approximate surface area is 295 Å². The zero-order valence-electron chi connectivity index (χ0n) is 24.3. The van der Waals surface area contributed by atoms with E-state index in [9.17, 15) is 9.59 Å². The maximum atomic E-state index is 12.1. The van der Waals surface area contributed by atoms with Crippen LogP contribution in [-0.2, 0) is 0 Å². The van der Waals surface area contributed by atoms with Crippen LogP contribution in [0.5, 0.6) is 0 Å². The highest BCUT2D eigenvalue weighted by Gasteiger charge is 2.07. The van der Waals surface area contributed by atoms with Crippen molar-refractivity contribution in [3.8, 4) is 22.5 Å². The zero-order chi connectivity index (χ0) is 33.4. The van der Waals surface area contributed by atoms with Crippen molar-refractivity contribution >= 4 is 79.5 Å². The Bertz CT molecular complexity index is 1890. The molecule has 0 aliphatic carbocycles. The van der Waals surface area contributed by atoms with E-state index in [1.54, 1.807) is 18.2 Å². The van der Waals surface area contributed by atoms with Crippen LogP contribution in [0.4, 0.5) is 21.0 Å². The average molecular weight is 720 g/mol. The summed E-state index contributed by atoms with van der Waals surface area (Å²) in [5, 5.41) is 19.0. The number of hydrogen-bond donors (Lipinski definition) is 2. The van der Waals surface area contributed by atoms with Gasteiger partial charge < -0.3 is 11.1 Å². The van der Waals surface area contributed by atoms with Crippen molar-refractivity contribution in [3.63, 3.8) is 0 Å². The number of carbonyl (C=O) groups excluding carboxylic acids is 2. The Morgan fingerprint density at radius 2 is 1.09 bits per heavy atom. The molecular formula is C34H25Cl3N6O2S2. The molecule has 1 amide bonds. The highest BCUT2D eigenvalue weighted by Crippen LogP contribution is 2.25.